The summed E-state index contributed by atoms with van der Waals surface area (Å²) < 4.78 is 0. The lowest BCUT2D eigenvalue weighted by Gasteiger charge is -2.22. The van der Waals surface area contributed by atoms with Gasteiger partial charge >= 0.3 is 0 Å². The molecule has 0 radical (unpaired) electrons. The van der Waals surface area contributed by atoms with Crippen molar-refractivity contribution in [3.63, 3.8) is 0 Å². The van der Waals surface area contributed by atoms with Crippen LogP contribution in [-0.4, -0.2) is 0 Å². The molecule has 0 aromatic heterocycles. The number of benzene rings is 8. The van der Waals surface area contributed by atoms with Gasteiger partial charge in [0.15, 0.2) is 0 Å². The van der Waals surface area contributed by atoms with Gasteiger partial charge in [-0.15, -0.1) is 0 Å². The molecule has 8 aromatic carbocycles. The van der Waals surface area contributed by atoms with Crippen LogP contribution in [0.25, 0.3) is 76.8 Å². The van der Waals surface area contributed by atoms with Crippen LogP contribution in [0.4, 0.5) is 0 Å². The first-order valence-electron chi connectivity index (χ1n) is 15.9. The zero-order chi connectivity index (χ0) is 30.1. The number of rotatable bonds is 3. The zero-order valence-electron chi connectivity index (χ0n) is 25.5. The predicted octanol–water partition coefficient (Wildman–Crippen LogP) is 12.5. The molecule has 0 fully saturated rings. The minimum absolute atomic E-state index is 0.0360. The van der Waals surface area contributed by atoms with Crippen LogP contribution < -0.4 is 0 Å². The Hall–Kier alpha value is -5.46. The lowest BCUT2D eigenvalue weighted by Crippen LogP contribution is -2.14. The molecule has 0 aliphatic heterocycles. The van der Waals surface area contributed by atoms with E-state index in [1.54, 1.807) is 0 Å². The van der Waals surface area contributed by atoms with Crippen molar-refractivity contribution in [1.82, 2.24) is 0 Å². The summed E-state index contributed by atoms with van der Waals surface area (Å²) in [6, 6.07) is 58.4. The highest BCUT2D eigenvalue weighted by Gasteiger charge is 2.35. The Kier molecular flexibility index (Phi) is 5.64. The molecule has 212 valence electrons. The quantitative estimate of drug-likeness (QED) is 0.185. The van der Waals surface area contributed by atoms with Gasteiger partial charge in [-0.3, -0.25) is 0 Å². The normalized spacial score (nSPS) is 13.3. The number of hydrogen-bond acceptors (Lipinski definition) is 0. The molecule has 1 aliphatic rings. The Morgan fingerprint density at radius 1 is 0.333 bits per heavy atom. The summed E-state index contributed by atoms with van der Waals surface area (Å²) in [6.07, 6.45) is 0. The van der Waals surface area contributed by atoms with Crippen molar-refractivity contribution in [3.8, 4) is 44.5 Å². The molecular weight excluding hydrogens is 540 g/mol. The first-order chi connectivity index (χ1) is 22.1. The van der Waals surface area contributed by atoms with E-state index in [0.717, 1.165) is 0 Å². The summed E-state index contributed by atoms with van der Waals surface area (Å²) in [7, 11) is 0. The lowest BCUT2D eigenvalue weighted by molar-refractivity contribution is 0.660. The fourth-order valence-corrected chi connectivity index (χ4v) is 7.89. The van der Waals surface area contributed by atoms with Crippen LogP contribution in [0.15, 0.2) is 158 Å². The predicted molar refractivity (Wildman–Crippen MR) is 193 cm³/mol. The van der Waals surface area contributed by atoms with Crippen LogP contribution in [0.3, 0.4) is 0 Å². The van der Waals surface area contributed by atoms with E-state index in [1.807, 2.05) is 0 Å². The molecule has 0 nitrogen and oxygen atoms in total. The lowest BCUT2D eigenvalue weighted by atomic mass is 9.81. The molecule has 0 heterocycles. The molecule has 9 rings (SSSR count). The van der Waals surface area contributed by atoms with Crippen LogP contribution >= 0.6 is 0 Å². The van der Waals surface area contributed by atoms with E-state index < -0.39 is 0 Å². The van der Waals surface area contributed by atoms with Gasteiger partial charge in [-0.1, -0.05) is 159 Å². The van der Waals surface area contributed by atoms with E-state index in [-0.39, 0.29) is 5.41 Å². The molecule has 0 saturated heterocycles. The highest BCUT2D eigenvalue weighted by atomic mass is 14.4. The van der Waals surface area contributed by atoms with Gasteiger partial charge in [-0.2, -0.15) is 0 Å². The molecule has 0 N–H and O–H groups in total. The van der Waals surface area contributed by atoms with Crippen LogP contribution in [0.1, 0.15) is 25.0 Å². The minimum atomic E-state index is -0.0360. The Morgan fingerprint density at radius 2 is 0.911 bits per heavy atom. The topological polar surface area (TPSA) is 0 Å². The second-order valence-electron chi connectivity index (χ2n) is 12.9. The average molecular weight is 573 g/mol. The molecule has 0 saturated carbocycles. The molecule has 0 spiro atoms. The maximum Gasteiger partial charge on any atom is 0.0159 e. The third-order valence-corrected chi connectivity index (χ3v) is 10.1. The van der Waals surface area contributed by atoms with Crippen molar-refractivity contribution in [1.29, 1.82) is 0 Å². The molecular formula is C45H32. The fraction of sp³-hybridized carbons (Fsp3) is 0.0667. The Labute approximate surface area is 264 Å². The average Bonchev–Trinajstić information content (AvgIpc) is 3.33. The Morgan fingerprint density at radius 3 is 1.76 bits per heavy atom. The second-order valence-corrected chi connectivity index (χ2v) is 12.9. The van der Waals surface area contributed by atoms with Gasteiger partial charge in [0.1, 0.15) is 0 Å². The van der Waals surface area contributed by atoms with Crippen LogP contribution in [-0.2, 0) is 5.41 Å². The van der Waals surface area contributed by atoms with Gasteiger partial charge in [-0.25, -0.2) is 0 Å². The highest BCUT2D eigenvalue weighted by molar-refractivity contribution is 6.24. The summed E-state index contributed by atoms with van der Waals surface area (Å²) in [4.78, 5) is 0. The summed E-state index contributed by atoms with van der Waals surface area (Å²) in [5.74, 6) is 0. The second kappa shape index (κ2) is 9.78. The first kappa shape index (κ1) is 26.0. The van der Waals surface area contributed by atoms with Crippen LogP contribution in [0, 0.1) is 0 Å². The van der Waals surface area contributed by atoms with Crippen molar-refractivity contribution in [3.05, 3.63) is 169 Å². The molecule has 0 unspecified atom stereocenters. The molecule has 1 aliphatic carbocycles. The summed E-state index contributed by atoms with van der Waals surface area (Å²) in [5.41, 5.74) is 13.1. The van der Waals surface area contributed by atoms with Gasteiger partial charge < -0.3 is 0 Å². The molecule has 0 amide bonds. The van der Waals surface area contributed by atoms with E-state index in [9.17, 15) is 0 Å². The van der Waals surface area contributed by atoms with Gasteiger partial charge in [0.05, 0.1) is 0 Å². The summed E-state index contributed by atoms with van der Waals surface area (Å²) in [6.45, 7) is 4.72. The third kappa shape index (κ3) is 3.85. The monoisotopic (exact) mass is 572 g/mol. The van der Waals surface area contributed by atoms with E-state index >= 15 is 0 Å². The van der Waals surface area contributed by atoms with Crippen LogP contribution in [0.2, 0.25) is 0 Å². The highest BCUT2D eigenvalue weighted by Crippen LogP contribution is 2.50. The standard InChI is InChI=1S/C45H32/c1-45(2)41-22-11-10-18-34(41)35-25-23-32(28-42(35)45)31-24-26-39-40(27-31)43(30-14-4-3-5-15-30)37-19-8-9-20-38(37)44(39)36-21-12-16-29-13-6-7-17-33(29)36/h3-28H,1-2H3. The Bertz CT molecular complexity index is 2440. The SMILES string of the molecule is CC1(C)c2ccccc2-c2ccc(-c3ccc4c(-c5cccc6ccccc56)c5ccccc5c(-c5ccccc5)c4c3)cc21. The van der Waals surface area contributed by atoms with Crippen molar-refractivity contribution in [2.45, 2.75) is 19.3 Å². The van der Waals surface area contributed by atoms with E-state index in [0.29, 0.717) is 0 Å². The number of hydrogen-bond donors (Lipinski definition) is 0. The smallest absolute Gasteiger partial charge is 0.0159 e. The zero-order valence-corrected chi connectivity index (χ0v) is 25.5. The van der Waals surface area contributed by atoms with E-state index in [2.05, 4.69) is 172 Å². The molecule has 8 aromatic rings. The van der Waals surface area contributed by atoms with Crippen molar-refractivity contribution in [2.24, 2.45) is 0 Å². The minimum Gasteiger partial charge on any atom is -0.0622 e. The van der Waals surface area contributed by atoms with Gasteiger partial charge in [0.25, 0.3) is 0 Å². The van der Waals surface area contributed by atoms with E-state index in [4.69, 9.17) is 0 Å². The summed E-state index contributed by atoms with van der Waals surface area (Å²) >= 11 is 0. The van der Waals surface area contributed by atoms with Crippen molar-refractivity contribution < 1.29 is 0 Å². The maximum atomic E-state index is 2.44. The maximum absolute atomic E-state index is 2.44. The molecule has 0 heteroatoms. The number of fused-ring (bicyclic) bond motifs is 6. The van der Waals surface area contributed by atoms with E-state index in [1.165, 1.54) is 88.0 Å². The van der Waals surface area contributed by atoms with Gasteiger partial charge in [0, 0.05) is 5.41 Å². The Balaban J connectivity index is 1.36. The third-order valence-electron chi connectivity index (χ3n) is 10.1. The first-order valence-corrected chi connectivity index (χ1v) is 15.9. The molecule has 0 bridgehead atoms. The molecule has 0 atom stereocenters. The van der Waals surface area contributed by atoms with Crippen LogP contribution in [0.5, 0.6) is 0 Å². The van der Waals surface area contributed by atoms with Crippen molar-refractivity contribution >= 4 is 32.3 Å². The fourth-order valence-electron chi connectivity index (χ4n) is 7.89. The largest absolute Gasteiger partial charge is 0.0622 e. The van der Waals surface area contributed by atoms with Gasteiger partial charge in [-0.05, 0) is 100 Å². The summed E-state index contributed by atoms with van der Waals surface area (Å²) in [5, 5.41) is 7.66. The van der Waals surface area contributed by atoms with Crippen molar-refractivity contribution in [2.75, 3.05) is 0 Å². The molecule has 45 heavy (non-hydrogen) atoms. The van der Waals surface area contributed by atoms with Gasteiger partial charge in [0.2, 0.25) is 0 Å².